The number of ether oxygens (including phenoxy) is 2. The number of amides is 2. The second kappa shape index (κ2) is 16.0. The zero-order valence-corrected chi connectivity index (χ0v) is 30.5. The molecule has 2 aliphatic heterocycles. The maximum Gasteiger partial charge on any atom is 0.246 e. The molecule has 268 valence electrons. The summed E-state index contributed by atoms with van der Waals surface area (Å²) in [4.78, 5) is 33.5. The SMILES string of the molecule is CC(C)(C(=O)Nc1cnc2ccccc2c1)S(=O)(=O)CC1CCOCC1.Cc1ccc(NC(=O)C(C)(C)S(=O)(=O)CC2CCOCC2)nc1. The quantitative estimate of drug-likeness (QED) is 0.299. The lowest BCUT2D eigenvalue weighted by Gasteiger charge is -2.28. The van der Waals surface area contributed by atoms with Crippen molar-refractivity contribution in [2.24, 2.45) is 11.8 Å². The molecule has 2 saturated heterocycles. The maximum absolute atomic E-state index is 12.8. The van der Waals surface area contributed by atoms with Crippen LogP contribution in [0.1, 0.15) is 58.9 Å². The van der Waals surface area contributed by atoms with Crippen LogP contribution in [0.4, 0.5) is 11.5 Å². The fourth-order valence-corrected chi connectivity index (χ4v) is 8.78. The van der Waals surface area contributed by atoms with E-state index < -0.39 is 41.0 Å². The summed E-state index contributed by atoms with van der Waals surface area (Å²) in [7, 11) is -7.19. The first-order chi connectivity index (χ1) is 23.0. The molecule has 3 aromatic rings. The van der Waals surface area contributed by atoms with Gasteiger partial charge in [0.25, 0.3) is 0 Å². The number of carbonyl (C=O) groups excluding carboxylic acids is 2. The van der Waals surface area contributed by atoms with E-state index in [1.165, 1.54) is 27.7 Å². The van der Waals surface area contributed by atoms with Crippen molar-refractivity contribution in [2.45, 2.75) is 69.8 Å². The highest BCUT2D eigenvalue weighted by atomic mass is 32.2. The first kappa shape index (κ1) is 38.3. The van der Waals surface area contributed by atoms with E-state index in [1.807, 2.05) is 37.3 Å². The highest BCUT2D eigenvalue weighted by Gasteiger charge is 2.44. The van der Waals surface area contributed by atoms with Gasteiger partial charge in [0.1, 0.15) is 15.3 Å². The number of para-hydroxylation sites is 1. The standard InChI is InChI=1S/C19H24N2O4S.C16H24N2O4S/c1-19(2,26(23,24)13-14-7-9-25-10-8-14)18(22)21-16-11-15-5-3-4-6-17(15)20-12-16;1-12-4-5-14(17-10-12)18-15(19)16(2,3)23(20,21)11-13-6-8-22-9-7-13/h3-6,11-12,14H,7-10,13H2,1-2H3,(H,21,22);4-5,10,13H,6-9,11H2,1-3H3,(H,17,18,19). The lowest BCUT2D eigenvalue weighted by atomic mass is 10.0. The van der Waals surface area contributed by atoms with Gasteiger partial charge in [-0.3, -0.25) is 14.6 Å². The fraction of sp³-hybridized carbons (Fsp3) is 0.543. The Balaban J connectivity index is 0.000000223. The smallest absolute Gasteiger partial charge is 0.246 e. The molecule has 12 nitrogen and oxygen atoms in total. The molecule has 2 N–H and O–H groups in total. The van der Waals surface area contributed by atoms with Crippen molar-refractivity contribution >= 4 is 53.9 Å². The van der Waals surface area contributed by atoms with Crippen LogP contribution in [0.25, 0.3) is 10.9 Å². The van der Waals surface area contributed by atoms with E-state index in [-0.39, 0.29) is 23.3 Å². The average molecular weight is 717 g/mol. The molecule has 0 bridgehead atoms. The van der Waals surface area contributed by atoms with Crippen molar-refractivity contribution in [3.63, 3.8) is 0 Å². The molecule has 4 heterocycles. The third-order valence-electron chi connectivity index (χ3n) is 9.24. The number of hydrogen-bond acceptors (Lipinski definition) is 10. The van der Waals surface area contributed by atoms with Crippen LogP contribution in [0.3, 0.4) is 0 Å². The molecule has 0 spiro atoms. The van der Waals surface area contributed by atoms with E-state index in [0.29, 0.717) is 50.8 Å². The number of aromatic nitrogens is 2. The van der Waals surface area contributed by atoms with Gasteiger partial charge in [-0.15, -0.1) is 0 Å². The van der Waals surface area contributed by atoms with Gasteiger partial charge in [-0.1, -0.05) is 24.3 Å². The number of rotatable bonds is 10. The number of carbonyl (C=O) groups is 2. The van der Waals surface area contributed by atoms with Gasteiger partial charge in [-0.25, -0.2) is 21.8 Å². The van der Waals surface area contributed by atoms with Crippen molar-refractivity contribution in [1.82, 2.24) is 9.97 Å². The van der Waals surface area contributed by atoms with E-state index in [1.54, 1.807) is 24.5 Å². The van der Waals surface area contributed by atoms with Crippen molar-refractivity contribution in [3.05, 3.63) is 60.4 Å². The van der Waals surface area contributed by atoms with Crippen LogP contribution in [-0.2, 0) is 38.7 Å². The summed E-state index contributed by atoms with van der Waals surface area (Å²) < 4.78 is 58.6. The lowest BCUT2D eigenvalue weighted by molar-refractivity contribution is -0.118. The Morgan fingerprint density at radius 3 is 1.76 bits per heavy atom. The van der Waals surface area contributed by atoms with Crippen molar-refractivity contribution in [2.75, 3.05) is 48.6 Å². The first-order valence-corrected chi connectivity index (χ1v) is 19.8. The molecule has 0 unspecified atom stereocenters. The topological polar surface area (TPSA) is 171 Å². The number of pyridine rings is 2. The summed E-state index contributed by atoms with van der Waals surface area (Å²) in [6.07, 6.45) is 6.03. The Labute approximate surface area is 289 Å². The summed E-state index contributed by atoms with van der Waals surface area (Å²) in [6, 6.07) is 12.8. The predicted molar refractivity (Wildman–Crippen MR) is 191 cm³/mol. The van der Waals surface area contributed by atoms with Crippen LogP contribution in [0.5, 0.6) is 0 Å². The summed E-state index contributed by atoms with van der Waals surface area (Å²) in [5, 5.41) is 6.19. The maximum atomic E-state index is 12.8. The lowest BCUT2D eigenvalue weighted by Crippen LogP contribution is -2.47. The third kappa shape index (κ3) is 9.83. The average Bonchev–Trinajstić information content (AvgIpc) is 3.06. The Bertz CT molecular complexity index is 1820. The van der Waals surface area contributed by atoms with Gasteiger partial charge in [0, 0.05) is 38.0 Å². The molecule has 2 amide bonds. The van der Waals surface area contributed by atoms with Gasteiger partial charge in [0.2, 0.25) is 11.8 Å². The molecule has 14 heteroatoms. The van der Waals surface area contributed by atoms with Gasteiger partial charge in [-0.05, 0) is 95.9 Å². The summed E-state index contributed by atoms with van der Waals surface area (Å²) in [5.74, 6) is -0.621. The summed E-state index contributed by atoms with van der Waals surface area (Å²) >= 11 is 0. The molecule has 0 saturated carbocycles. The van der Waals surface area contributed by atoms with E-state index in [4.69, 9.17) is 9.47 Å². The predicted octanol–water partition coefficient (Wildman–Crippen LogP) is 4.74. The highest BCUT2D eigenvalue weighted by molar-refractivity contribution is 7.93. The van der Waals surface area contributed by atoms with Crippen LogP contribution in [0, 0.1) is 18.8 Å². The zero-order chi connectivity index (χ0) is 35.9. The number of aryl methyl sites for hydroxylation is 1. The van der Waals surface area contributed by atoms with E-state index in [0.717, 1.165) is 29.3 Å². The molecule has 2 aromatic heterocycles. The van der Waals surface area contributed by atoms with Gasteiger partial charge in [0.15, 0.2) is 19.7 Å². The van der Waals surface area contributed by atoms with Crippen LogP contribution in [0.15, 0.2) is 54.9 Å². The number of hydrogen-bond donors (Lipinski definition) is 2. The Morgan fingerprint density at radius 1 is 0.735 bits per heavy atom. The monoisotopic (exact) mass is 716 g/mol. The number of benzene rings is 1. The normalized spacial score (nSPS) is 16.8. The zero-order valence-electron chi connectivity index (χ0n) is 28.9. The molecule has 1 aromatic carbocycles. The van der Waals surface area contributed by atoms with Gasteiger partial charge in [-0.2, -0.15) is 0 Å². The molecule has 0 atom stereocenters. The molecule has 0 aliphatic carbocycles. The van der Waals surface area contributed by atoms with Crippen molar-refractivity contribution in [3.8, 4) is 0 Å². The second-order valence-corrected chi connectivity index (χ2v) is 18.9. The third-order valence-corrected chi connectivity index (χ3v) is 14.5. The minimum atomic E-state index is -3.61. The van der Waals surface area contributed by atoms with E-state index in [9.17, 15) is 26.4 Å². The number of sulfone groups is 2. The van der Waals surface area contributed by atoms with Gasteiger partial charge >= 0.3 is 0 Å². The Hall–Kier alpha value is -3.46. The largest absolute Gasteiger partial charge is 0.381 e. The number of nitrogens with one attached hydrogen (secondary N) is 2. The van der Waals surface area contributed by atoms with Gasteiger partial charge < -0.3 is 20.1 Å². The van der Waals surface area contributed by atoms with Crippen LogP contribution < -0.4 is 10.6 Å². The van der Waals surface area contributed by atoms with E-state index >= 15 is 0 Å². The summed E-state index contributed by atoms with van der Waals surface area (Å²) in [5.41, 5.74) is 2.27. The van der Waals surface area contributed by atoms with Crippen LogP contribution >= 0.6 is 0 Å². The van der Waals surface area contributed by atoms with Crippen molar-refractivity contribution in [1.29, 1.82) is 0 Å². The molecular formula is C35H48N4O8S2. The molecule has 49 heavy (non-hydrogen) atoms. The molecular weight excluding hydrogens is 669 g/mol. The Kier molecular flexibility index (Phi) is 12.6. The molecule has 2 aliphatic rings. The molecule has 5 rings (SSSR count). The molecule has 2 fully saturated rings. The van der Waals surface area contributed by atoms with Crippen molar-refractivity contribution < 1.29 is 35.9 Å². The molecule has 0 radical (unpaired) electrons. The van der Waals surface area contributed by atoms with Crippen LogP contribution in [0.2, 0.25) is 0 Å². The highest BCUT2D eigenvalue weighted by Crippen LogP contribution is 2.28. The Morgan fingerprint density at radius 2 is 1.24 bits per heavy atom. The number of fused-ring (bicyclic) bond motifs is 1. The summed E-state index contributed by atoms with van der Waals surface area (Å²) in [6.45, 7) is 10.0. The second-order valence-electron chi connectivity index (χ2n) is 13.7. The number of anilines is 2. The van der Waals surface area contributed by atoms with Crippen LogP contribution in [-0.4, -0.2) is 86.0 Å². The fourth-order valence-electron chi connectivity index (χ4n) is 5.38. The van der Waals surface area contributed by atoms with E-state index in [2.05, 4.69) is 20.6 Å². The first-order valence-electron chi connectivity index (χ1n) is 16.5. The minimum absolute atomic E-state index is 0.00670. The minimum Gasteiger partial charge on any atom is -0.381 e. The van der Waals surface area contributed by atoms with Gasteiger partial charge in [0.05, 0.1) is 28.9 Å². The number of nitrogens with zero attached hydrogens (tertiary/aromatic N) is 2.